The van der Waals surface area contributed by atoms with E-state index in [4.69, 9.17) is 23.2 Å². The molecule has 0 atom stereocenters. The first-order valence-electron chi connectivity index (χ1n) is 11.8. The summed E-state index contributed by atoms with van der Waals surface area (Å²) < 4.78 is 0. The first kappa shape index (κ1) is 25.1. The number of carbonyl (C=O) groups excluding carboxylic acids is 2. The molecule has 34 heavy (non-hydrogen) atoms. The van der Waals surface area contributed by atoms with Gasteiger partial charge in [-0.05, 0) is 49.3 Å². The van der Waals surface area contributed by atoms with Crippen molar-refractivity contribution in [2.45, 2.75) is 43.8 Å². The molecule has 2 amide bonds. The predicted octanol–water partition coefficient (Wildman–Crippen LogP) is 5.75. The van der Waals surface area contributed by atoms with Crippen LogP contribution >= 0.6 is 35.0 Å². The molecular weight excluding hydrogens is 489 g/mol. The van der Waals surface area contributed by atoms with Crippen LogP contribution in [0.2, 0.25) is 10.0 Å². The molecule has 1 heterocycles. The highest BCUT2D eigenvalue weighted by molar-refractivity contribution is 7.99. The number of nitrogens with zero attached hydrogens (tertiary/aromatic N) is 2. The van der Waals surface area contributed by atoms with Gasteiger partial charge < -0.3 is 10.2 Å². The average molecular weight is 519 g/mol. The first-order chi connectivity index (χ1) is 16.5. The Balaban J connectivity index is 1.41. The summed E-state index contributed by atoms with van der Waals surface area (Å²) >= 11 is 14.7. The number of fused-ring (bicyclic) bond motifs is 1. The van der Waals surface area contributed by atoms with Gasteiger partial charge in [0.05, 0.1) is 11.4 Å². The molecule has 2 aromatic rings. The molecule has 180 valence electrons. The van der Waals surface area contributed by atoms with E-state index >= 15 is 0 Å². The van der Waals surface area contributed by atoms with E-state index in [1.807, 2.05) is 30.0 Å². The van der Waals surface area contributed by atoms with Crippen LogP contribution in [0.25, 0.3) is 0 Å². The van der Waals surface area contributed by atoms with Crippen molar-refractivity contribution in [2.24, 2.45) is 4.99 Å². The van der Waals surface area contributed by atoms with Gasteiger partial charge in [-0.2, -0.15) is 11.8 Å². The lowest BCUT2D eigenvalue weighted by molar-refractivity contribution is -0.123. The monoisotopic (exact) mass is 517 g/mol. The summed E-state index contributed by atoms with van der Waals surface area (Å²) in [6.45, 7) is 0.474. The van der Waals surface area contributed by atoms with Crippen LogP contribution in [0, 0.1) is 0 Å². The smallest absolute Gasteiger partial charge is 0.249 e. The lowest BCUT2D eigenvalue weighted by atomic mass is 10.00. The third kappa shape index (κ3) is 6.35. The van der Waals surface area contributed by atoms with E-state index in [0.29, 0.717) is 33.6 Å². The van der Waals surface area contributed by atoms with Crippen LogP contribution in [-0.4, -0.2) is 48.2 Å². The van der Waals surface area contributed by atoms with Gasteiger partial charge in [0.1, 0.15) is 13.1 Å². The number of amides is 2. The molecule has 1 aliphatic carbocycles. The van der Waals surface area contributed by atoms with Gasteiger partial charge in [-0.25, -0.2) is 0 Å². The van der Waals surface area contributed by atoms with Gasteiger partial charge in [0.15, 0.2) is 0 Å². The summed E-state index contributed by atoms with van der Waals surface area (Å²) in [5, 5.41) is 4.80. The van der Waals surface area contributed by atoms with Gasteiger partial charge in [-0.3, -0.25) is 14.6 Å². The number of hydrogen-bond acceptors (Lipinski definition) is 4. The number of benzene rings is 2. The zero-order valence-electron chi connectivity index (χ0n) is 19.1. The largest absolute Gasteiger partial charge is 0.355 e. The van der Waals surface area contributed by atoms with Crippen molar-refractivity contribution < 1.29 is 9.59 Å². The van der Waals surface area contributed by atoms with E-state index in [1.165, 1.54) is 37.0 Å². The maximum absolute atomic E-state index is 13.0. The Morgan fingerprint density at radius 3 is 2.68 bits per heavy atom. The van der Waals surface area contributed by atoms with E-state index in [1.54, 1.807) is 24.3 Å². The fourth-order valence-electron chi connectivity index (χ4n) is 4.42. The Kier molecular flexibility index (Phi) is 8.92. The third-order valence-electron chi connectivity index (χ3n) is 6.16. The number of nitrogens with one attached hydrogen (secondary N) is 1. The molecule has 0 bridgehead atoms. The summed E-state index contributed by atoms with van der Waals surface area (Å²) in [4.78, 5) is 31.7. The first-order valence-corrected chi connectivity index (χ1v) is 13.6. The summed E-state index contributed by atoms with van der Waals surface area (Å²) in [6, 6.07) is 12.6. The van der Waals surface area contributed by atoms with Crippen LogP contribution in [0.15, 0.2) is 47.5 Å². The second-order valence-electron chi connectivity index (χ2n) is 8.62. The van der Waals surface area contributed by atoms with E-state index < -0.39 is 0 Å². The molecule has 0 aromatic heterocycles. The number of aliphatic imine (C=N–C) groups is 1. The standard InChI is InChI=1S/C26H29Cl2N3O2S/c27-18-11-12-23-21(15-18)26(20-9-4-5-10-22(20)28)30-16-25(33)31(23)17-24(32)29-13-6-14-34-19-7-2-1-3-8-19/h4-5,9-12,15,19H,1-3,6-8,13-14,16-17H2,(H,29,32). The van der Waals surface area contributed by atoms with Crippen molar-refractivity contribution in [2.75, 3.05) is 30.3 Å². The number of rotatable bonds is 8. The Morgan fingerprint density at radius 2 is 1.88 bits per heavy atom. The van der Waals surface area contributed by atoms with E-state index in [9.17, 15) is 9.59 Å². The second-order valence-corrected chi connectivity index (χ2v) is 10.9. The van der Waals surface area contributed by atoms with Crippen LogP contribution < -0.4 is 10.2 Å². The molecule has 5 nitrogen and oxygen atoms in total. The number of thioether (sulfide) groups is 1. The highest BCUT2D eigenvalue weighted by Gasteiger charge is 2.27. The molecule has 0 spiro atoms. The molecule has 0 saturated heterocycles. The van der Waals surface area contributed by atoms with Gasteiger partial charge in [-0.1, -0.05) is 60.7 Å². The van der Waals surface area contributed by atoms with Crippen LogP contribution in [0.1, 0.15) is 49.7 Å². The van der Waals surface area contributed by atoms with E-state index in [-0.39, 0.29) is 24.9 Å². The minimum absolute atomic E-state index is 0.0610. The van der Waals surface area contributed by atoms with Crippen molar-refractivity contribution in [3.05, 3.63) is 63.6 Å². The molecule has 1 N–H and O–H groups in total. The molecular formula is C26H29Cl2N3O2S. The molecule has 2 aromatic carbocycles. The summed E-state index contributed by atoms with van der Waals surface area (Å²) in [5.41, 5.74) is 2.61. The Bertz CT molecular complexity index is 1070. The van der Waals surface area contributed by atoms with E-state index in [2.05, 4.69) is 10.3 Å². The molecule has 1 aliphatic heterocycles. The maximum Gasteiger partial charge on any atom is 0.249 e. The van der Waals surface area contributed by atoms with Crippen LogP contribution in [0.5, 0.6) is 0 Å². The third-order valence-corrected chi connectivity index (χ3v) is 8.19. The van der Waals surface area contributed by atoms with Crippen LogP contribution in [-0.2, 0) is 9.59 Å². The minimum atomic E-state index is -0.242. The summed E-state index contributed by atoms with van der Waals surface area (Å²) in [5.74, 6) is 0.621. The fraction of sp³-hybridized carbons (Fsp3) is 0.423. The number of halogens is 2. The highest BCUT2D eigenvalue weighted by Crippen LogP contribution is 2.31. The van der Waals surface area contributed by atoms with Crippen molar-refractivity contribution in [1.29, 1.82) is 0 Å². The molecule has 4 rings (SSSR count). The van der Waals surface area contributed by atoms with Crippen LogP contribution in [0.3, 0.4) is 0 Å². The second kappa shape index (κ2) is 12.1. The maximum atomic E-state index is 13.0. The Morgan fingerprint density at radius 1 is 1.09 bits per heavy atom. The zero-order chi connectivity index (χ0) is 23.9. The van der Waals surface area contributed by atoms with Crippen molar-refractivity contribution >= 4 is 58.2 Å². The SMILES string of the molecule is O=C(CN1C(=O)CN=C(c2ccccc2Cl)c2cc(Cl)ccc21)NCCCSC1CCCCC1. The molecule has 1 fully saturated rings. The topological polar surface area (TPSA) is 61.8 Å². The number of benzodiazepines with no additional fused rings is 1. The van der Waals surface area contributed by atoms with E-state index in [0.717, 1.165) is 23.0 Å². The molecule has 0 radical (unpaired) electrons. The van der Waals surface area contributed by atoms with Crippen molar-refractivity contribution in [3.8, 4) is 0 Å². The predicted molar refractivity (Wildman–Crippen MR) is 143 cm³/mol. The van der Waals surface area contributed by atoms with Crippen molar-refractivity contribution in [1.82, 2.24) is 5.32 Å². The quantitative estimate of drug-likeness (QED) is 0.453. The Hall–Kier alpha value is -2.02. The highest BCUT2D eigenvalue weighted by atomic mass is 35.5. The van der Waals surface area contributed by atoms with Gasteiger partial charge in [-0.15, -0.1) is 0 Å². The fourth-order valence-corrected chi connectivity index (χ4v) is 6.13. The normalized spacial score (nSPS) is 16.6. The lowest BCUT2D eigenvalue weighted by Crippen LogP contribution is -2.42. The Labute approximate surface area is 215 Å². The molecule has 8 heteroatoms. The number of anilines is 1. The van der Waals surface area contributed by atoms with Gasteiger partial charge in [0, 0.05) is 33.0 Å². The van der Waals surface area contributed by atoms with Gasteiger partial charge in [0.25, 0.3) is 0 Å². The van der Waals surface area contributed by atoms with Gasteiger partial charge >= 0.3 is 0 Å². The summed E-state index contributed by atoms with van der Waals surface area (Å²) in [6.07, 6.45) is 7.60. The average Bonchev–Trinajstić information content (AvgIpc) is 2.96. The summed E-state index contributed by atoms with van der Waals surface area (Å²) in [7, 11) is 0. The minimum Gasteiger partial charge on any atom is -0.355 e. The van der Waals surface area contributed by atoms with Crippen molar-refractivity contribution in [3.63, 3.8) is 0 Å². The van der Waals surface area contributed by atoms with Gasteiger partial charge in [0.2, 0.25) is 11.8 Å². The zero-order valence-corrected chi connectivity index (χ0v) is 21.4. The molecule has 1 saturated carbocycles. The number of carbonyl (C=O) groups is 2. The molecule has 2 aliphatic rings. The number of hydrogen-bond donors (Lipinski definition) is 1. The lowest BCUT2D eigenvalue weighted by Gasteiger charge is -2.23. The van der Waals surface area contributed by atoms with Crippen LogP contribution in [0.4, 0.5) is 5.69 Å². The molecule has 0 unspecified atom stereocenters.